The molecule has 19 heavy (non-hydrogen) atoms. The highest BCUT2D eigenvalue weighted by Gasteiger charge is 2.16. The van der Waals surface area contributed by atoms with E-state index in [1.54, 1.807) is 17.4 Å². The molecule has 0 aliphatic carbocycles. The van der Waals surface area contributed by atoms with Gasteiger partial charge in [0.15, 0.2) is 0 Å². The number of thiophene rings is 1. The summed E-state index contributed by atoms with van der Waals surface area (Å²) in [6.45, 7) is 1.99. The third-order valence-corrected chi connectivity index (χ3v) is 3.78. The highest BCUT2D eigenvalue weighted by atomic mass is 35.5. The van der Waals surface area contributed by atoms with Crippen LogP contribution in [-0.4, -0.2) is 11.0 Å². The van der Waals surface area contributed by atoms with Gasteiger partial charge in [0.1, 0.15) is 5.69 Å². The number of rotatable bonds is 5. The number of benzene rings is 1. The monoisotopic (exact) mass is 296 g/mol. The first kappa shape index (κ1) is 13.8. The lowest BCUT2D eigenvalue weighted by Gasteiger charge is -2.14. The van der Waals surface area contributed by atoms with Crippen LogP contribution in [0.5, 0.6) is 0 Å². The normalized spacial score (nSPS) is 12.1. The molecule has 0 saturated heterocycles. The summed E-state index contributed by atoms with van der Waals surface area (Å²) in [6, 6.07) is 8.67. The average Bonchev–Trinajstić information content (AvgIpc) is 2.81. The molecule has 0 aliphatic rings. The Balaban J connectivity index is 2.13. The predicted molar refractivity (Wildman–Crippen MR) is 79.2 cm³/mol. The van der Waals surface area contributed by atoms with Crippen molar-refractivity contribution < 1.29 is 4.92 Å². The van der Waals surface area contributed by atoms with E-state index in [0.717, 1.165) is 6.42 Å². The Morgan fingerprint density at radius 2 is 2.26 bits per heavy atom. The number of hydrogen-bond donors (Lipinski definition) is 1. The molecule has 0 fully saturated rings. The summed E-state index contributed by atoms with van der Waals surface area (Å²) in [7, 11) is 0. The van der Waals surface area contributed by atoms with Crippen LogP contribution in [0.2, 0.25) is 5.02 Å². The molecular weight excluding hydrogens is 284 g/mol. The van der Waals surface area contributed by atoms with Crippen molar-refractivity contribution in [2.24, 2.45) is 0 Å². The van der Waals surface area contributed by atoms with Crippen LogP contribution in [-0.2, 0) is 6.42 Å². The van der Waals surface area contributed by atoms with Crippen molar-refractivity contribution in [3.8, 4) is 0 Å². The van der Waals surface area contributed by atoms with Gasteiger partial charge in [0.2, 0.25) is 0 Å². The van der Waals surface area contributed by atoms with Gasteiger partial charge in [-0.1, -0.05) is 17.7 Å². The Morgan fingerprint density at radius 1 is 1.47 bits per heavy atom. The fourth-order valence-corrected chi connectivity index (χ4v) is 2.84. The lowest BCUT2D eigenvalue weighted by molar-refractivity contribution is -0.384. The van der Waals surface area contributed by atoms with E-state index in [4.69, 9.17) is 11.6 Å². The molecule has 1 unspecified atom stereocenters. The van der Waals surface area contributed by atoms with Gasteiger partial charge in [-0.3, -0.25) is 10.1 Å². The molecule has 0 aliphatic heterocycles. The van der Waals surface area contributed by atoms with Crippen molar-refractivity contribution in [1.29, 1.82) is 0 Å². The Kier molecular flexibility index (Phi) is 4.39. The fraction of sp³-hybridized carbons (Fsp3) is 0.231. The molecule has 100 valence electrons. The van der Waals surface area contributed by atoms with Crippen molar-refractivity contribution >= 4 is 34.3 Å². The molecule has 1 atom stereocenters. The highest BCUT2D eigenvalue weighted by molar-refractivity contribution is 7.09. The predicted octanol–water partition coefficient (Wildman–Crippen LogP) is 4.35. The molecule has 0 amide bonds. The van der Waals surface area contributed by atoms with Gasteiger partial charge in [0.25, 0.3) is 5.69 Å². The molecule has 2 aromatic rings. The summed E-state index contributed by atoms with van der Waals surface area (Å²) in [4.78, 5) is 11.8. The number of nitro groups is 1. The van der Waals surface area contributed by atoms with Crippen LogP contribution in [0.4, 0.5) is 11.4 Å². The average molecular weight is 297 g/mol. The second kappa shape index (κ2) is 6.04. The number of nitro benzene ring substituents is 1. The standard InChI is InChI=1S/C13H13ClN2O2S/c1-9(7-11-3-2-6-19-11)15-12-8-10(14)4-5-13(12)16(17)18/h2-6,8-9,15H,7H2,1H3. The summed E-state index contributed by atoms with van der Waals surface area (Å²) in [6.07, 6.45) is 0.821. The van der Waals surface area contributed by atoms with Gasteiger partial charge in [-0.2, -0.15) is 0 Å². The summed E-state index contributed by atoms with van der Waals surface area (Å²) in [5.74, 6) is 0. The Hall–Kier alpha value is -1.59. The summed E-state index contributed by atoms with van der Waals surface area (Å²) in [5.41, 5.74) is 0.504. The quantitative estimate of drug-likeness (QED) is 0.659. The second-order valence-electron chi connectivity index (χ2n) is 4.25. The van der Waals surface area contributed by atoms with E-state index in [9.17, 15) is 10.1 Å². The van der Waals surface area contributed by atoms with E-state index in [1.165, 1.54) is 17.0 Å². The Morgan fingerprint density at radius 3 is 2.89 bits per heavy atom. The van der Waals surface area contributed by atoms with E-state index in [1.807, 2.05) is 18.4 Å². The molecule has 0 bridgehead atoms. The molecule has 6 heteroatoms. The molecular formula is C13H13ClN2O2S. The van der Waals surface area contributed by atoms with Crippen molar-refractivity contribution in [3.63, 3.8) is 0 Å². The minimum atomic E-state index is -0.406. The highest BCUT2D eigenvalue weighted by Crippen LogP contribution is 2.28. The van der Waals surface area contributed by atoms with Gasteiger partial charge in [0, 0.05) is 28.4 Å². The smallest absolute Gasteiger partial charge is 0.292 e. The van der Waals surface area contributed by atoms with Crippen LogP contribution in [0.1, 0.15) is 11.8 Å². The van der Waals surface area contributed by atoms with Gasteiger partial charge in [-0.25, -0.2) is 0 Å². The van der Waals surface area contributed by atoms with Crippen LogP contribution < -0.4 is 5.32 Å². The van der Waals surface area contributed by atoms with Crippen LogP contribution in [0.15, 0.2) is 35.7 Å². The molecule has 0 spiro atoms. The molecule has 1 aromatic heterocycles. The lowest BCUT2D eigenvalue weighted by atomic mass is 10.2. The molecule has 1 heterocycles. The first-order chi connectivity index (χ1) is 9.06. The first-order valence-corrected chi connectivity index (χ1v) is 7.05. The van der Waals surface area contributed by atoms with Crippen LogP contribution in [0.3, 0.4) is 0 Å². The third kappa shape index (κ3) is 3.68. The van der Waals surface area contributed by atoms with Gasteiger partial charge < -0.3 is 5.32 Å². The van der Waals surface area contributed by atoms with Crippen molar-refractivity contribution in [3.05, 3.63) is 55.7 Å². The molecule has 1 aromatic carbocycles. The zero-order valence-electron chi connectivity index (χ0n) is 10.3. The van der Waals surface area contributed by atoms with E-state index in [-0.39, 0.29) is 11.7 Å². The van der Waals surface area contributed by atoms with E-state index < -0.39 is 4.92 Å². The van der Waals surface area contributed by atoms with Gasteiger partial charge >= 0.3 is 0 Å². The number of nitrogens with zero attached hydrogens (tertiary/aromatic N) is 1. The number of anilines is 1. The van der Waals surface area contributed by atoms with Crippen molar-refractivity contribution in [1.82, 2.24) is 0 Å². The lowest BCUT2D eigenvalue weighted by Crippen LogP contribution is -2.18. The zero-order chi connectivity index (χ0) is 13.8. The minimum Gasteiger partial charge on any atom is -0.377 e. The Bertz CT molecular complexity index is 572. The SMILES string of the molecule is CC(Cc1cccs1)Nc1cc(Cl)ccc1[N+](=O)[O-]. The maximum Gasteiger partial charge on any atom is 0.292 e. The summed E-state index contributed by atoms with van der Waals surface area (Å²) >= 11 is 7.56. The topological polar surface area (TPSA) is 55.2 Å². The summed E-state index contributed by atoms with van der Waals surface area (Å²) in [5, 5.41) is 16.6. The van der Waals surface area contributed by atoms with Gasteiger partial charge in [-0.15, -0.1) is 11.3 Å². The van der Waals surface area contributed by atoms with E-state index >= 15 is 0 Å². The van der Waals surface area contributed by atoms with Crippen LogP contribution >= 0.6 is 22.9 Å². The number of halogens is 1. The molecule has 4 nitrogen and oxygen atoms in total. The number of nitrogens with one attached hydrogen (secondary N) is 1. The third-order valence-electron chi connectivity index (χ3n) is 2.64. The minimum absolute atomic E-state index is 0.0439. The maximum absolute atomic E-state index is 11.0. The molecule has 2 rings (SSSR count). The fourth-order valence-electron chi connectivity index (χ4n) is 1.83. The largest absolute Gasteiger partial charge is 0.377 e. The molecule has 1 N–H and O–H groups in total. The molecule has 0 radical (unpaired) electrons. The Labute approximate surface area is 120 Å². The van der Waals surface area contributed by atoms with E-state index in [2.05, 4.69) is 11.4 Å². The summed E-state index contributed by atoms with van der Waals surface area (Å²) < 4.78 is 0. The van der Waals surface area contributed by atoms with Crippen LogP contribution in [0, 0.1) is 10.1 Å². The zero-order valence-corrected chi connectivity index (χ0v) is 11.9. The molecule has 0 saturated carbocycles. The number of hydrogen-bond acceptors (Lipinski definition) is 4. The first-order valence-electron chi connectivity index (χ1n) is 5.79. The van der Waals surface area contributed by atoms with Gasteiger partial charge in [-0.05, 0) is 30.5 Å². The van der Waals surface area contributed by atoms with E-state index in [0.29, 0.717) is 10.7 Å². The van der Waals surface area contributed by atoms with Crippen molar-refractivity contribution in [2.75, 3.05) is 5.32 Å². The second-order valence-corrected chi connectivity index (χ2v) is 5.72. The van der Waals surface area contributed by atoms with Crippen LogP contribution in [0.25, 0.3) is 0 Å². The maximum atomic E-state index is 11.0. The van der Waals surface area contributed by atoms with Crippen molar-refractivity contribution in [2.45, 2.75) is 19.4 Å². The van der Waals surface area contributed by atoms with Gasteiger partial charge in [0.05, 0.1) is 4.92 Å².